The van der Waals surface area contributed by atoms with Crippen molar-refractivity contribution in [1.29, 1.82) is 0 Å². The minimum Gasteiger partial charge on any atom is -0.452 e. The zero-order valence-electron chi connectivity index (χ0n) is 19.1. The lowest BCUT2D eigenvalue weighted by atomic mass is 9.87. The molecule has 36 heavy (non-hydrogen) atoms. The van der Waals surface area contributed by atoms with Crippen LogP contribution in [0, 0.1) is 5.41 Å². The van der Waals surface area contributed by atoms with Gasteiger partial charge in [-0.1, -0.05) is 94.3 Å². The van der Waals surface area contributed by atoms with E-state index in [1.165, 1.54) is 17.3 Å². The summed E-state index contributed by atoms with van der Waals surface area (Å²) in [6, 6.07) is 18.2. The van der Waals surface area contributed by atoms with E-state index in [1.807, 2.05) is 60.7 Å². The lowest BCUT2D eigenvalue weighted by Gasteiger charge is -2.53. The number of carbonyl (C=O) groups is 4. The Hall–Kier alpha value is -2.62. The van der Waals surface area contributed by atoms with Crippen molar-refractivity contribution < 1.29 is 23.9 Å². The van der Waals surface area contributed by atoms with Gasteiger partial charge in [-0.3, -0.25) is 19.2 Å². The van der Waals surface area contributed by atoms with Gasteiger partial charge in [0.2, 0.25) is 11.8 Å². The standard InChI is InChI=1S/C26H24BrClN2O5S/c27-14-19(31)13-20(32)29-21-23(33)30-15-26(11-12-28,16-36-24(21)30)25(34)35-22(17-7-3-1-4-8-17)18-9-5-2-6-10-18/h1-12,21-22,24H,13-16H2,(H,29,32)/t21?,24-,26?/m1/s1. The monoisotopic (exact) mass is 590 g/mol. The number of ether oxygens (including phenoxy) is 1. The summed E-state index contributed by atoms with van der Waals surface area (Å²) in [6.45, 7) is 0.0779. The van der Waals surface area contributed by atoms with Gasteiger partial charge in [-0.25, -0.2) is 0 Å². The number of halogens is 2. The zero-order valence-corrected chi connectivity index (χ0v) is 22.3. The van der Waals surface area contributed by atoms with E-state index in [1.54, 1.807) is 11.0 Å². The highest BCUT2D eigenvalue weighted by molar-refractivity contribution is 9.09. The number of nitrogens with one attached hydrogen (secondary N) is 1. The van der Waals surface area contributed by atoms with E-state index in [9.17, 15) is 19.2 Å². The molecule has 0 aliphatic carbocycles. The number of rotatable bonds is 9. The topological polar surface area (TPSA) is 92.8 Å². The smallest absolute Gasteiger partial charge is 0.319 e. The molecule has 188 valence electrons. The molecule has 0 radical (unpaired) electrons. The second-order valence-electron chi connectivity index (χ2n) is 8.62. The van der Waals surface area contributed by atoms with Crippen LogP contribution in [0.25, 0.3) is 0 Å². The van der Waals surface area contributed by atoms with E-state index in [4.69, 9.17) is 16.3 Å². The molecule has 7 nitrogen and oxygen atoms in total. The molecule has 2 unspecified atom stereocenters. The van der Waals surface area contributed by atoms with E-state index in [2.05, 4.69) is 21.2 Å². The summed E-state index contributed by atoms with van der Waals surface area (Å²) in [4.78, 5) is 51.7. The number of benzene rings is 2. The van der Waals surface area contributed by atoms with Crippen LogP contribution in [-0.4, -0.2) is 57.5 Å². The molecular weight excluding hydrogens is 568 g/mol. The van der Waals surface area contributed by atoms with Gasteiger partial charge < -0.3 is 15.0 Å². The fraction of sp³-hybridized carbons (Fsp3) is 0.308. The summed E-state index contributed by atoms with van der Waals surface area (Å²) in [5.41, 5.74) is 1.77. The highest BCUT2D eigenvalue weighted by Crippen LogP contribution is 2.44. The fourth-order valence-corrected chi connectivity index (χ4v) is 6.22. The third kappa shape index (κ3) is 5.53. The van der Waals surface area contributed by atoms with Gasteiger partial charge in [0.1, 0.15) is 16.8 Å². The maximum absolute atomic E-state index is 13.7. The Balaban J connectivity index is 1.51. The summed E-state index contributed by atoms with van der Waals surface area (Å²) in [5.74, 6) is -1.26. The van der Waals surface area contributed by atoms with Gasteiger partial charge in [-0.15, -0.1) is 11.8 Å². The molecule has 2 aliphatic rings. The molecule has 10 heteroatoms. The first-order valence-corrected chi connectivity index (χ1v) is 13.9. The predicted octanol–water partition coefficient (Wildman–Crippen LogP) is 3.81. The maximum Gasteiger partial charge on any atom is 0.319 e. The number of fused-ring (bicyclic) bond motifs is 1. The van der Waals surface area contributed by atoms with Crippen LogP contribution in [0.3, 0.4) is 0 Å². The Morgan fingerprint density at radius 1 is 1.14 bits per heavy atom. The number of Topliss-reactive ketones (excluding diaryl/α,β-unsaturated/α-hetero) is 1. The van der Waals surface area contributed by atoms with E-state index in [0.717, 1.165) is 11.1 Å². The van der Waals surface area contributed by atoms with Crippen LogP contribution in [0.5, 0.6) is 0 Å². The van der Waals surface area contributed by atoms with Crippen molar-refractivity contribution in [3.63, 3.8) is 0 Å². The highest BCUT2D eigenvalue weighted by atomic mass is 79.9. The van der Waals surface area contributed by atoms with Gasteiger partial charge in [0.25, 0.3) is 0 Å². The molecule has 0 aromatic heterocycles. The van der Waals surface area contributed by atoms with Crippen molar-refractivity contribution in [2.24, 2.45) is 5.41 Å². The SMILES string of the molecule is O=C(CBr)CC(=O)NC1C(=O)N2CC(C=CCl)(C(=O)OC(c3ccccc3)c3ccccc3)CS[C@H]12. The van der Waals surface area contributed by atoms with Crippen molar-refractivity contribution in [3.8, 4) is 0 Å². The summed E-state index contributed by atoms with van der Waals surface area (Å²) >= 11 is 10.3. The van der Waals surface area contributed by atoms with E-state index in [-0.39, 0.29) is 35.4 Å². The highest BCUT2D eigenvalue weighted by Gasteiger charge is 2.57. The van der Waals surface area contributed by atoms with Gasteiger partial charge >= 0.3 is 5.97 Å². The Labute approximate surface area is 226 Å². The van der Waals surface area contributed by atoms with Gasteiger partial charge in [0.05, 0.1) is 11.8 Å². The number of thioether (sulfide) groups is 1. The van der Waals surface area contributed by atoms with Crippen LogP contribution >= 0.6 is 39.3 Å². The molecule has 3 atom stereocenters. The number of nitrogens with zero attached hydrogens (tertiary/aromatic N) is 1. The second-order valence-corrected chi connectivity index (χ2v) is 10.5. The largest absolute Gasteiger partial charge is 0.452 e. The number of hydrogen-bond acceptors (Lipinski definition) is 6. The average Bonchev–Trinajstić information content (AvgIpc) is 2.91. The molecule has 2 saturated heterocycles. The van der Waals surface area contributed by atoms with Crippen molar-refractivity contribution in [2.45, 2.75) is 23.9 Å². The molecule has 0 bridgehead atoms. The summed E-state index contributed by atoms with van der Waals surface area (Å²) < 4.78 is 6.10. The van der Waals surface area contributed by atoms with Gasteiger partial charge in [-0.05, 0) is 11.1 Å². The molecule has 2 aromatic rings. The molecule has 2 aromatic carbocycles. The first-order valence-electron chi connectivity index (χ1n) is 11.3. The van der Waals surface area contributed by atoms with E-state index >= 15 is 0 Å². The van der Waals surface area contributed by atoms with Gasteiger partial charge in [0.15, 0.2) is 11.9 Å². The molecule has 2 amide bonds. The Bertz CT molecular complexity index is 1130. The molecule has 2 fully saturated rings. The molecule has 1 N–H and O–H groups in total. The third-order valence-electron chi connectivity index (χ3n) is 6.15. The molecule has 0 saturated carbocycles. The second kappa shape index (κ2) is 11.6. The normalized spacial score (nSPS) is 23.2. The molecule has 4 rings (SSSR count). The van der Waals surface area contributed by atoms with Crippen LogP contribution in [-0.2, 0) is 23.9 Å². The molecule has 2 aliphatic heterocycles. The summed E-state index contributed by atoms with van der Waals surface area (Å²) in [7, 11) is 0. The fourth-order valence-electron chi connectivity index (χ4n) is 4.27. The molecular formula is C26H24BrClN2O5S. The lowest BCUT2D eigenvalue weighted by molar-refractivity contribution is -0.162. The zero-order chi connectivity index (χ0) is 25.7. The van der Waals surface area contributed by atoms with Crippen LogP contribution < -0.4 is 5.32 Å². The van der Waals surface area contributed by atoms with Crippen LogP contribution in [0.2, 0.25) is 0 Å². The molecule has 0 spiro atoms. The third-order valence-corrected chi connectivity index (χ3v) is 8.45. The summed E-state index contributed by atoms with van der Waals surface area (Å²) in [5, 5.41) is 2.39. The quantitative estimate of drug-likeness (QED) is 0.206. The number of carbonyl (C=O) groups excluding carboxylic acids is 4. The number of β-lactam (4-membered cyclic amide) rings is 1. The van der Waals surface area contributed by atoms with Crippen molar-refractivity contribution in [3.05, 3.63) is 83.4 Å². The van der Waals surface area contributed by atoms with E-state index < -0.39 is 29.4 Å². The minimum absolute atomic E-state index is 0.0751. The van der Waals surface area contributed by atoms with Crippen LogP contribution in [0.1, 0.15) is 23.7 Å². The molecule has 2 heterocycles. The Morgan fingerprint density at radius 2 is 1.75 bits per heavy atom. The number of alkyl halides is 1. The number of esters is 1. The first kappa shape index (κ1) is 26.4. The van der Waals surface area contributed by atoms with Crippen molar-refractivity contribution in [2.75, 3.05) is 17.6 Å². The summed E-state index contributed by atoms with van der Waals surface area (Å²) in [6.07, 6.45) is 0.647. The van der Waals surface area contributed by atoms with Gasteiger partial charge in [-0.2, -0.15) is 0 Å². The van der Waals surface area contributed by atoms with Crippen molar-refractivity contribution >= 4 is 62.9 Å². The lowest BCUT2D eigenvalue weighted by Crippen LogP contribution is -2.73. The number of ketones is 1. The van der Waals surface area contributed by atoms with Crippen LogP contribution in [0.15, 0.2) is 72.3 Å². The number of hydrogen-bond donors (Lipinski definition) is 1. The predicted molar refractivity (Wildman–Crippen MR) is 142 cm³/mol. The number of amides is 2. The average molecular weight is 592 g/mol. The maximum atomic E-state index is 13.7. The van der Waals surface area contributed by atoms with Gasteiger partial charge in [0, 0.05) is 17.8 Å². The van der Waals surface area contributed by atoms with Crippen LogP contribution in [0.4, 0.5) is 0 Å². The Kier molecular flexibility index (Phi) is 8.54. The van der Waals surface area contributed by atoms with E-state index in [0.29, 0.717) is 5.75 Å². The Morgan fingerprint density at radius 3 is 2.31 bits per heavy atom. The van der Waals surface area contributed by atoms with Crippen molar-refractivity contribution in [1.82, 2.24) is 10.2 Å². The first-order chi connectivity index (χ1) is 17.4. The minimum atomic E-state index is -1.15.